The van der Waals surface area contributed by atoms with E-state index in [-0.39, 0.29) is 0 Å². The Labute approximate surface area is 88.4 Å². The number of hydrogen-bond acceptors (Lipinski definition) is 2. The number of unbranched alkanes of at least 4 members (excludes halogenated alkanes) is 7. The molecule has 2 heteroatoms. The molecule has 0 amide bonds. The van der Waals surface area contributed by atoms with E-state index in [1.54, 1.807) is 0 Å². The van der Waals surface area contributed by atoms with Crippen molar-refractivity contribution in [3.63, 3.8) is 0 Å². The zero-order valence-electron chi connectivity index (χ0n) is 9.76. The minimum Gasteiger partial charge on any atom is -0.411 e. The van der Waals surface area contributed by atoms with E-state index in [2.05, 4.69) is 12.1 Å². The minimum atomic E-state index is 0.857. The smallest absolute Gasteiger partial charge is 0.0540 e. The fraction of sp³-hybridized carbons (Fsp3) is 0.917. The first-order chi connectivity index (χ1) is 6.81. The third-order valence-corrected chi connectivity index (χ3v) is 2.56. The molecule has 0 saturated carbocycles. The number of hydrogen-bond donors (Lipinski definition) is 1. The van der Waals surface area contributed by atoms with Gasteiger partial charge in [-0.1, -0.05) is 57.0 Å². The largest absolute Gasteiger partial charge is 0.411 e. The van der Waals surface area contributed by atoms with Crippen molar-refractivity contribution in [2.24, 2.45) is 5.16 Å². The van der Waals surface area contributed by atoms with Crippen molar-refractivity contribution < 1.29 is 5.21 Å². The van der Waals surface area contributed by atoms with Crippen molar-refractivity contribution in [2.45, 2.75) is 71.6 Å². The molecule has 84 valence electrons. The molecule has 0 aliphatic rings. The summed E-state index contributed by atoms with van der Waals surface area (Å²) < 4.78 is 0. The van der Waals surface area contributed by atoms with Crippen LogP contribution in [0, 0.1) is 0 Å². The molecule has 2 nitrogen and oxygen atoms in total. The van der Waals surface area contributed by atoms with E-state index in [9.17, 15) is 0 Å². The predicted molar refractivity (Wildman–Crippen MR) is 62.1 cm³/mol. The third-order valence-electron chi connectivity index (χ3n) is 2.56. The van der Waals surface area contributed by atoms with E-state index in [1.165, 1.54) is 51.4 Å². The number of oxime groups is 1. The van der Waals surface area contributed by atoms with Gasteiger partial charge in [0, 0.05) is 0 Å². The van der Waals surface area contributed by atoms with Crippen LogP contribution in [0.15, 0.2) is 5.16 Å². The van der Waals surface area contributed by atoms with E-state index >= 15 is 0 Å². The van der Waals surface area contributed by atoms with Crippen molar-refractivity contribution in [2.75, 3.05) is 0 Å². The summed E-state index contributed by atoms with van der Waals surface area (Å²) in [4.78, 5) is 0. The van der Waals surface area contributed by atoms with E-state index in [0.29, 0.717) is 0 Å². The lowest BCUT2D eigenvalue weighted by molar-refractivity contribution is 0.317. The second-order valence-corrected chi connectivity index (χ2v) is 4.06. The van der Waals surface area contributed by atoms with Crippen LogP contribution in [0.25, 0.3) is 0 Å². The highest BCUT2D eigenvalue weighted by Gasteiger charge is 1.93. The first kappa shape index (κ1) is 13.5. The summed E-state index contributed by atoms with van der Waals surface area (Å²) in [6.45, 7) is 4.12. The highest BCUT2D eigenvalue weighted by atomic mass is 16.4. The zero-order valence-corrected chi connectivity index (χ0v) is 9.76. The zero-order chi connectivity index (χ0) is 10.6. The first-order valence-corrected chi connectivity index (χ1v) is 5.98. The van der Waals surface area contributed by atoms with Crippen molar-refractivity contribution in [3.05, 3.63) is 0 Å². The Hall–Kier alpha value is -0.530. The van der Waals surface area contributed by atoms with Crippen LogP contribution in [0.5, 0.6) is 0 Å². The minimum absolute atomic E-state index is 0.857. The van der Waals surface area contributed by atoms with Crippen LogP contribution in [-0.2, 0) is 0 Å². The third kappa shape index (κ3) is 9.56. The Bertz CT molecular complexity index is 143. The van der Waals surface area contributed by atoms with Crippen molar-refractivity contribution >= 4 is 5.71 Å². The van der Waals surface area contributed by atoms with Crippen molar-refractivity contribution in [1.82, 2.24) is 0 Å². The second-order valence-electron chi connectivity index (χ2n) is 4.06. The maximum atomic E-state index is 8.42. The lowest BCUT2D eigenvalue weighted by Gasteiger charge is -2.00. The van der Waals surface area contributed by atoms with Crippen molar-refractivity contribution in [1.29, 1.82) is 0 Å². The predicted octanol–water partition coefficient (Wildman–Crippen LogP) is 4.37. The average molecular weight is 199 g/mol. The highest BCUT2D eigenvalue weighted by Crippen LogP contribution is 2.09. The topological polar surface area (TPSA) is 32.6 Å². The van der Waals surface area contributed by atoms with Gasteiger partial charge in [0.25, 0.3) is 0 Å². The van der Waals surface area contributed by atoms with Crippen LogP contribution < -0.4 is 0 Å². The van der Waals surface area contributed by atoms with Gasteiger partial charge in [-0.25, -0.2) is 0 Å². The van der Waals surface area contributed by atoms with Gasteiger partial charge in [0.15, 0.2) is 0 Å². The van der Waals surface area contributed by atoms with Crippen LogP contribution in [0.2, 0.25) is 0 Å². The molecular weight excluding hydrogens is 174 g/mol. The lowest BCUT2D eigenvalue weighted by atomic mass is 10.1. The summed E-state index contributed by atoms with van der Waals surface area (Å²) in [6.07, 6.45) is 11.6. The van der Waals surface area contributed by atoms with Gasteiger partial charge in [-0.3, -0.25) is 0 Å². The normalized spacial score (nSPS) is 12.0. The SMILES string of the molecule is CCCCCCCCCCC(C)=NO. The summed E-state index contributed by atoms with van der Waals surface area (Å²) in [5.74, 6) is 0. The molecule has 0 aromatic heterocycles. The van der Waals surface area contributed by atoms with Gasteiger partial charge in [0.05, 0.1) is 5.71 Å². The van der Waals surface area contributed by atoms with Crippen LogP contribution in [0.3, 0.4) is 0 Å². The Morgan fingerprint density at radius 2 is 1.43 bits per heavy atom. The molecule has 0 aromatic carbocycles. The van der Waals surface area contributed by atoms with Gasteiger partial charge in [-0.15, -0.1) is 0 Å². The summed E-state index contributed by atoms with van der Waals surface area (Å²) in [7, 11) is 0. The molecule has 0 heterocycles. The molecule has 0 rings (SSSR count). The summed E-state index contributed by atoms with van der Waals surface area (Å²) in [5, 5.41) is 11.6. The molecule has 0 saturated heterocycles. The van der Waals surface area contributed by atoms with Gasteiger partial charge < -0.3 is 5.21 Å². The first-order valence-electron chi connectivity index (χ1n) is 5.98. The Kier molecular flexibility index (Phi) is 10.2. The van der Waals surface area contributed by atoms with Crippen molar-refractivity contribution in [3.8, 4) is 0 Å². The summed E-state index contributed by atoms with van der Waals surface area (Å²) in [5.41, 5.74) is 0.857. The molecule has 0 unspecified atom stereocenters. The van der Waals surface area contributed by atoms with Crippen LogP contribution in [-0.4, -0.2) is 10.9 Å². The molecule has 0 aliphatic carbocycles. The summed E-state index contributed by atoms with van der Waals surface area (Å²) in [6, 6.07) is 0. The monoisotopic (exact) mass is 199 g/mol. The molecule has 1 N–H and O–H groups in total. The van der Waals surface area contributed by atoms with Crippen LogP contribution >= 0.6 is 0 Å². The molecule has 0 atom stereocenters. The molecule has 0 bridgehead atoms. The molecule has 0 spiro atoms. The van der Waals surface area contributed by atoms with Gasteiger partial charge in [-0.2, -0.15) is 0 Å². The van der Waals surface area contributed by atoms with Crippen LogP contribution in [0.1, 0.15) is 71.6 Å². The molecular formula is C12H25NO. The quantitative estimate of drug-likeness (QED) is 0.254. The Morgan fingerprint density at radius 3 is 1.93 bits per heavy atom. The van der Waals surface area contributed by atoms with E-state index < -0.39 is 0 Å². The molecule has 0 fully saturated rings. The highest BCUT2D eigenvalue weighted by molar-refractivity contribution is 5.81. The molecule has 0 radical (unpaired) electrons. The van der Waals surface area contributed by atoms with Crippen LogP contribution in [0.4, 0.5) is 0 Å². The van der Waals surface area contributed by atoms with Gasteiger partial charge in [-0.05, 0) is 19.8 Å². The fourth-order valence-corrected chi connectivity index (χ4v) is 1.56. The van der Waals surface area contributed by atoms with E-state index in [4.69, 9.17) is 5.21 Å². The summed E-state index contributed by atoms with van der Waals surface area (Å²) >= 11 is 0. The molecule has 0 aromatic rings. The van der Waals surface area contributed by atoms with Gasteiger partial charge in [0.2, 0.25) is 0 Å². The fourth-order valence-electron chi connectivity index (χ4n) is 1.56. The standard InChI is InChI=1S/C12H25NO/c1-3-4-5-6-7-8-9-10-11-12(2)13-14/h14H,3-11H2,1-2H3. The Morgan fingerprint density at radius 1 is 0.929 bits per heavy atom. The van der Waals surface area contributed by atoms with E-state index in [0.717, 1.165) is 12.1 Å². The number of rotatable bonds is 9. The second kappa shape index (κ2) is 10.6. The molecule has 14 heavy (non-hydrogen) atoms. The average Bonchev–Trinajstić information content (AvgIpc) is 2.21. The Balaban J connectivity index is 2.99. The maximum absolute atomic E-state index is 8.42. The number of nitrogens with zero attached hydrogens (tertiary/aromatic N) is 1. The van der Waals surface area contributed by atoms with Gasteiger partial charge in [0.1, 0.15) is 0 Å². The lowest BCUT2D eigenvalue weighted by Crippen LogP contribution is -1.90. The van der Waals surface area contributed by atoms with Gasteiger partial charge >= 0.3 is 0 Å². The maximum Gasteiger partial charge on any atom is 0.0540 e. The van der Waals surface area contributed by atoms with E-state index in [1.807, 2.05) is 6.92 Å². The molecule has 0 aliphatic heterocycles.